The number of carbonyl (C=O) groups is 1. The summed E-state index contributed by atoms with van der Waals surface area (Å²) in [5.41, 5.74) is 2.97. The van der Waals surface area contributed by atoms with Crippen molar-refractivity contribution in [2.75, 3.05) is 38.2 Å². The van der Waals surface area contributed by atoms with Crippen molar-refractivity contribution in [2.24, 2.45) is 5.92 Å². The van der Waals surface area contributed by atoms with E-state index in [-0.39, 0.29) is 11.7 Å². The van der Waals surface area contributed by atoms with Crippen LogP contribution in [0.3, 0.4) is 0 Å². The van der Waals surface area contributed by atoms with Crippen LogP contribution in [0, 0.1) is 18.7 Å². The summed E-state index contributed by atoms with van der Waals surface area (Å²) in [4.78, 5) is 27.5. The lowest BCUT2D eigenvalue weighted by molar-refractivity contribution is 0.0746. The van der Waals surface area contributed by atoms with Crippen molar-refractivity contribution in [3.8, 4) is 11.4 Å². The van der Waals surface area contributed by atoms with Crippen LogP contribution >= 0.6 is 0 Å². The molecule has 8 nitrogen and oxygen atoms in total. The van der Waals surface area contributed by atoms with Crippen LogP contribution in [0.5, 0.6) is 5.75 Å². The number of fused-ring (bicyclic) bond motifs is 1. The summed E-state index contributed by atoms with van der Waals surface area (Å²) < 4.78 is 20.8. The van der Waals surface area contributed by atoms with Gasteiger partial charge in [0, 0.05) is 38.2 Å². The number of hydrogen-bond donors (Lipinski definition) is 0. The number of nitrogens with zero attached hydrogens (tertiary/aromatic N) is 6. The van der Waals surface area contributed by atoms with Gasteiger partial charge in [0.05, 0.1) is 23.9 Å². The first-order chi connectivity index (χ1) is 19.5. The third-order valence-electron chi connectivity index (χ3n) is 8.18. The van der Waals surface area contributed by atoms with Gasteiger partial charge in [0.15, 0.2) is 5.65 Å². The highest BCUT2D eigenvalue weighted by molar-refractivity contribution is 5.95. The van der Waals surface area contributed by atoms with E-state index in [2.05, 4.69) is 4.90 Å². The number of methoxy groups -OCH3 is 1. The maximum Gasteiger partial charge on any atom is 0.254 e. The molecule has 40 heavy (non-hydrogen) atoms. The predicted molar refractivity (Wildman–Crippen MR) is 153 cm³/mol. The lowest BCUT2D eigenvalue weighted by Crippen LogP contribution is -2.49. The van der Waals surface area contributed by atoms with Crippen LogP contribution in [0.2, 0.25) is 0 Å². The van der Waals surface area contributed by atoms with Gasteiger partial charge in [0.1, 0.15) is 23.2 Å². The van der Waals surface area contributed by atoms with E-state index in [0.29, 0.717) is 43.4 Å². The number of aromatic nitrogens is 4. The fourth-order valence-corrected chi connectivity index (χ4v) is 6.00. The molecule has 2 fully saturated rings. The van der Waals surface area contributed by atoms with Gasteiger partial charge >= 0.3 is 0 Å². The number of amides is 1. The molecule has 2 aromatic carbocycles. The summed E-state index contributed by atoms with van der Waals surface area (Å²) in [5.74, 6) is 2.67. The third-order valence-corrected chi connectivity index (χ3v) is 8.18. The summed E-state index contributed by atoms with van der Waals surface area (Å²) in [6.07, 6.45) is 7.07. The van der Waals surface area contributed by atoms with E-state index in [1.54, 1.807) is 25.3 Å². The molecule has 208 valence electrons. The molecule has 0 spiro atoms. The lowest BCUT2D eigenvalue weighted by atomic mass is 9.87. The second kappa shape index (κ2) is 11.2. The molecule has 3 heterocycles. The Kier molecular flexibility index (Phi) is 7.36. The van der Waals surface area contributed by atoms with Crippen molar-refractivity contribution in [1.29, 1.82) is 0 Å². The number of hydrogen-bond acceptors (Lipinski definition) is 6. The highest BCUT2D eigenvalue weighted by Crippen LogP contribution is 2.32. The van der Waals surface area contributed by atoms with Crippen LogP contribution in [0.4, 0.5) is 10.2 Å². The maximum atomic E-state index is 13.7. The number of anilines is 1. The van der Waals surface area contributed by atoms with Crippen molar-refractivity contribution in [3.05, 3.63) is 71.4 Å². The van der Waals surface area contributed by atoms with Crippen molar-refractivity contribution in [1.82, 2.24) is 24.6 Å². The van der Waals surface area contributed by atoms with Crippen LogP contribution in [0.25, 0.3) is 16.7 Å². The molecule has 1 saturated carbocycles. The zero-order valence-corrected chi connectivity index (χ0v) is 23.1. The van der Waals surface area contributed by atoms with Crippen molar-refractivity contribution in [3.63, 3.8) is 0 Å². The predicted octanol–water partition coefficient (Wildman–Crippen LogP) is 5.36. The normalized spacial score (nSPS) is 16.5. The van der Waals surface area contributed by atoms with E-state index in [0.717, 1.165) is 40.5 Å². The molecule has 1 saturated heterocycles. The van der Waals surface area contributed by atoms with Gasteiger partial charge in [-0.15, -0.1) is 0 Å². The zero-order chi connectivity index (χ0) is 27.6. The van der Waals surface area contributed by atoms with Crippen LogP contribution in [0.1, 0.15) is 54.0 Å². The van der Waals surface area contributed by atoms with E-state index in [9.17, 15) is 9.18 Å². The second-order valence-corrected chi connectivity index (χ2v) is 10.9. The molecule has 4 aromatic rings. The molecular formula is C31H35FN6O2. The van der Waals surface area contributed by atoms with E-state index < -0.39 is 0 Å². The number of halogens is 1. The molecule has 9 heteroatoms. The number of ether oxygens (including phenoxy) is 1. The Morgan fingerprint density at radius 3 is 2.48 bits per heavy atom. The maximum absolute atomic E-state index is 13.7. The van der Waals surface area contributed by atoms with Crippen molar-refractivity contribution < 1.29 is 13.9 Å². The summed E-state index contributed by atoms with van der Waals surface area (Å²) in [7, 11) is 1.60. The molecule has 6 rings (SSSR count). The van der Waals surface area contributed by atoms with Crippen molar-refractivity contribution in [2.45, 2.75) is 45.4 Å². The first kappa shape index (κ1) is 26.2. The average Bonchev–Trinajstić information content (AvgIpc) is 3.33. The Bertz CT molecular complexity index is 1500. The molecule has 1 amide bonds. The smallest absolute Gasteiger partial charge is 0.254 e. The highest BCUT2D eigenvalue weighted by Gasteiger charge is 2.28. The highest BCUT2D eigenvalue weighted by atomic mass is 19.1. The molecule has 0 radical (unpaired) electrons. The van der Waals surface area contributed by atoms with Gasteiger partial charge in [0.2, 0.25) is 0 Å². The number of carbonyl (C=O) groups excluding carboxylic acids is 1. The molecule has 0 unspecified atom stereocenters. The van der Waals surface area contributed by atoms with Crippen LogP contribution < -0.4 is 9.64 Å². The summed E-state index contributed by atoms with van der Waals surface area (Å²) in [6, 6.07) is 13.6. The van der Waals surface area contributed by atoms with Gasteiger partial charge in [-0.3, -0.25) is 4.79 Å². The van der Waals surface area contributed by atoms with Crippen LogP contribution in [-0.2, 0) is 6.42 Å². The summed E-state index contributed by atoms with van der Waals surface area (Å²) in [5, 5.41) is 5.73. The van der Waals surface area contributed by atoms with Crippen molar-refractivity contribution >= 4 is 22.8 Å². The van der Waals surface area contributed by atoms with E-state index in [4.69, 9.17) is 19.8 Å². The molecule has 1 aliphatic carbocycles. The van der Waals surface area contributed by atoms with Gasteiger partial charge in [-0.2, -0.15) is 5.10 Å². The minimum Gasteiger partial charge on any atom is -0.497 e. The Labute approximate surface area is 233 Å². The Balaban J connectivity index is 1.32. The van der Waals surface area contributed by atoms with Gasteiger partial charge in [0.25, 0.3) is 5.91 Å². The molecule has 0 N–H and O–H groups in total. The van der Waals surface area contributed by atoms with Gasteiger partial charge in [-0.25, -0.2) is 19.0 Å². The van der Waals surface area contributed by atoms with E-state index in [1.165, 1.54) is 44.2 Å². The van der Waals surface area contributed by atoms with Crippen LogP contribution in [-0.4, -0.2) is 63.8 Å². The van der Waals surface area contributed by atoms with E-state index >= 15 is 0 Å². The number of benzene rings is 2. The van der Waals surface area contributed by atoms with Gasteiger partial charge in [-0.05, 0) is 55.3 Å². The first-order valence-electron chi connectivity index (χ1n) is 14.2. The average molecular weight is 543 g/mol. The monoisotopic (exact) mass is 542 g/mol. The molecule has 0 atom stereocenters. The lowest BCUT2D eigenvalue weighted by Gasteiger charge is -2.36. The quantitative estimate of drug-likeness (QED) is 0.327. The third kappa shape index (κ3) is 5.24. The number of rotatable bonds is 6. The fourth-order valence-electron chi connectivity index (χ4n) is 6.00. The first-order valence-corrected chi connectivity index (χ1v) is 14.2. The molecule has 1 aliphatic heterocycles. The van der Waals surface area contributed by atoms with Crippen LogP contribution in [0.15, 0.2) is 48.5 Å². The Morgan fingerprint density at radius 2 is 1.75 bits per heavy atom. The second-order valence-electron chi connectivity index (χ2n) is 10.9. The summed E-state index contributed by atoms with van der Waals surface area (Å²) in [6.45, 7) is 4.46. The SMILES string of the molecule is COc1cccc(C(=O)N2CCN(c3nc(CC4CCCCC4)nc4c3c(C)nn4-c3ccc(F)cc3)CC2)c1. The fraction of sp³-hybridized carbons (Fsp3) is 0.419. The molecule has 0 bridgehead atoms. The largest absolute Gasteiger partial charge is 0.497 e. The minimum atomic E-state index is -0.286. The van der Waals surface area contributed by atoms with Gasteiger partial charge in [-0.1, -0.05) is 38.2 Å². The van der Waals surface area contributed by atoms with E-state index in [1.807, 2.05) is 34.7 Å². The Morgan fingerprint density at radius 1 is 1.00 bits per heavy atom. The molecule has 2 aromatic heterocycles. The standard InChI is InChI=1S/C31H35FN6O2/c1-21-28-29(36-15-17-37(18-16-36)31(39)23-9-6-10-26(20-23)40-2)33-27(19-22-7-4-3-5-8-22)34-30(28)38(35-21)25-13-11-24(32)12-14-25/h6,9-14,20,22H,3-5,7-8,15-19H2,1-2H3. The summed E-state index contributed by atoms with van der Waals surface area (Å²) >= 11 is 0. The molecule has 2 aliphatic rings. The number of piperazine rings is 1. The Hall–Kier alpha value is -4.01. The zero-order valence-electron chi connectivity index (χ0n) is 23.1. The topological polar surface area (TPSA) is 76.4 Å². The number of aryl methyl sites for hydroxylation is 1. The van der Waals surface area contributed by atoms with Gasteiger partial charge < -0.3 is 14.5 Å². The molecular weight excluding hydrogens is 507 g/mol. The minimum absolute atomic E-state index is 0.00434.